The zero-order valence-corrected chi connectivity index (χ0v) is 20.2. The molecular weight excluding hydrogens is 422 g/mol. The normalized spacial score (nSPS) is 12.2. The van der Waals surface area contributed by atoms with Crippen LogP contribution in [0.1, 0.15) is 65.3 Å². The van der Waals surface area contributed by atoms with Gasteiger partial charge in [-0.2, -0.15) is 0 Å². The van der Waals surface area contributed by atoms with Crippen LogP contribution in [0.5, 0.6) is 0 Å². The number of carbonyl (C=O) groups excluding carboxylic acids is 1. The summed E-state index contributed by atoms with van der Waals surface area (Å²) in [5.74, 6) is 0.124. The van der Waals surface area contributed by atoms with Gasteiger partial charge in [0.2, 0.25) is 20.9 Å². The van der Waals surface area contributed by atoms with Crippen LogP contribution in [0, 0.1) is 5.92 Å². The van der Waals surface area contributed by atoms with Crippen LogP contribution in [-0.2, 0) is 26.9 Å². The number of hydrogen-bond acceptors (Lipinski definition) is 4. The minimum Gasteiger partial charge on any atom is -0.334 e. The van der Waals surface area contributed by atoms with Gasteiger partial charge in [-0.3, -0.25) is 4.79 Å². The molecule has 0 aliphatic rings. The molecule has 0 N–H and O–H groups in total. The SMILES string of the molecule is CC(C)CC(=O)N(Cc1cnc(S(=O)(=O)Cc2cccc(Cl)c2)n1C(C)C)C(C)C. The van der Waals surface area contributed by atoms with Crippen molar-refractivity contribution in [3.63, 3.8) is 0 Å². The Kier molecular flexibility index (Phi) is 8.11. The molecule has 1 aromatic heterocycles. The van der Waals surface area contributed by atoms with Gasteiger partial charge in [-0.15, -0.1) is 0 Å². The fourth-order valence-electron chi connectivity index (χ4n) is 3.39. The summed E-state index contributed by atoms with van der Waals surface area (Å²) in [7, 11) is -3.69. The molecule has 1 heterocycles. The highest BCUT2D eigenvalue weighted by Gasteiger charge is 2.27. The van der Waals surface area contributed by atoms with Gasteiger partial charge in [0, 0.05) is 23.5 Å². The Morgan fingerprint density at radius 2 is 1.83 bits per heavy atom. The Bertz CT molecular complexity index is 981. The average Bonchev–Trinajstić information content (AvgIpc) is 3.03. The van der Waals surface area contributed by atoms with Crippen molar-refractivity contribution < 1.29 is 13.2 Å². The Labute approximate surface area is 185 Å². The lowest BCUT2D eigenvalue weighted by molar-refractivity contribution is -0.134. The highest BCUT2D eigenvalue weighted by molar-refractivity contribution is 7.90. The van der Waals surface area contributed by atoms with E-state index in [2.05, 4.69) is 4.98 Å². The number of imidazole rings is 1. The predicted octanol–water partition coefficient (Wildman–Crippen LogP) is 4.87. The van der Waals surface area contributed by atoms with E-state index in [-0.39, 0.29) is 34.8 Å². The summed E-state index contributed by atoms with van der Waals surface area (Å²) in [4.78, 5) is 18.8. The number of sulfone groups is 1. The third kappa shape index (κ3) is 6.08. The fourth-order valence-corrected chi connectivity index (χ4v) is 5.19. The largest absolute Gasteiger partial charge is 0.334 e. The van der Waals surface area contributed by atoms with E-state index < -0.39 is 9.84 Å². The molecule has 0 unspecified atom stereocenters. The van der Waals surface area contributed by atoms with E-state index in [1.807, 2.05) is 41.5 Å². The zero-order valence-electron chi connectivity index (χ0n) is 18.6. The number of aromatic nitrogens is 2. The summed E-state index contributed by atoms with van der Waals surface area (Å²) in [6, 6.07) is 6.69. The molecule has 2 rings (SSSR count). The van der Waals surface area contributed by atoms with Crippen molar-refractivity contribution in [2.24, 2.45) is 5.92 Å². The van der Waals surface area contributed by atoms with Crippen molar-refractivity contribution in [1.82, 2.24) is 14.5 Å². The lowest BCUT2D eigenvalue weighted by Gasteiger charge is -2.28. The Morgan fingerprint density at radius 1 is 1.17 bits per heavy atom. The maximum atomic E-state index is 13.1. The number of halogens is 1. The first-order valence-electron chi connectivity index (χ1n) is 10.2. The lowest BCUT2D eigenvalue weighted by Crippen LogP contribution is -2.37. The summed E-state index contributed by atoms with van der Waals surface area (Å²) in [6.07, 6.45) is 2.02. The second-order valence-electron chi connectivity index (χ2n) is 8.60. The van der Waals surface area contributed by atoms with Gasteiger partial charge in [0.25, 0.3) is 0 Å². The van der Waals surface area contributed by atoms with Gasteiger partial charge in [0.15, 0.2) is 0 Å². The van der Waals surface area contributed by atoms with E-state index in [0.29, 0.717) is 29.2 Å². The molecule has 0 saturated heterocycles. The predicted molar refractivity (Wildman–Crippen MR) is 120 cm³/mol. The first-order valence-corrected chi connectivity index (χ1v) is 12.3. The molecule has 0 bridgehead atoms. The van der Waals surface area contributed by atoms with Crippen LogP contribution in [0.15, 0.2) is 35.6 Å². The molecule has 0 spiro atoms. The summed E-state index contributed by atoms with van der Waals surface area (Å²) in [5.41, 5.74) is 1.32. The van der Waals surface area contributed by atoms with E-state index in [9.17, 15) is 13.2 Å². The fraction of sp³-hybridized carbons (Fsp3) is 0.545. The van der Waals surface area contributed by atoms with E-state index in [1.165, 1.54) is 0 Å². The molecule has 0 aliphatic carbocycles. The average molecular weight is 454 g/mol. The molecule has 166 valence electrons. The van der Waals surface area contributed by atoms with Crippen LogP contribution in [0.2, 0.25) is 5.02 Å². The summed E-state index contributed by atoms with van der Waals surface area (Å²) < 4.78 is 28.0. The molecule has 1 aromatic carbocycles. The van der Waals surface area contributed by atoms with Gasteiger partial charge in [0.1, 0.15) is 0 Å². The van der Waals surface area contributed by atoms with Gasteiger partial charge in [-0.25, -0.2) is 13.4 Å². The third-order valence-corrected chi connectivity index (χ3v) is 6.55. The second-order valence-corrected chi connectivity index (χ2v) is 10.9. The standard InChI is InChI=1S/C22H32ClN3O3S/c1-15(2)10-21(27)25(16(3)4)13-20-12-24-22(26(20)17(5)6)30(28,29)14-18-8-7-9-19(23)11-18/h7-9,11-12,15-17H,10,13-14H2,1-6H3. The van der Waals surface area contributed by atoms with Crippen molar-refractivity contribution in [3.05, 3.63) is 46.7 Å². The highest BCUT2D eigenvalue weighted by atomic mass is 35.5. The van der Waals surface area contributed by atoms with Crippen LogP contribution in [-0.4, -0.2) is 34.8 Å². The molecule has 30 heavy (non-hydrogen) atoms. The molecule has 0 radical (unpaired) electrons. The van der Waals surface area contributed by atoms with Gasteiger partial charge < -0.3 is 9.47 Å². The molecule has 1 amide bonds. The first-order chi connectivity index (χ1) is 13.9. The lowest BCUT2D eigenvalue weighted by atomic mass is 10.1. The summed E-state index contributed by atoms with van der Waals surface area (Å²) in [6.45, 7) is 12.1. The zero-order chi connectivity index (χ0) is 22.6. The highest BCUT2D eigenvalue weighted by Crippen LogP contribution is 2.24. The van der Waals surface area contributed by atoms with Crippen molar-refractivity contribution >= 4 is 27.3 Å². The van der Waals surface area contributed by atoms with Crippen LogP contribution in [0.3, 0.4) is 0 Å². The number of benzene rings is 1. The maximum Gasteiger partial charge on any atom is 0.228 e. The number of carbonyl (C=O) groups is 1. The molecule has 0 atom stereocenters. The minimum atomic E-state index is -3.69. The number of hydrogen-bond donors (Lipinski definition) is 0. The number of rotatable bonds is 9. The topological polar surface area (TPSA) is 72.3 Å². The maximum absolute atomic E-state index is 13.1. The van der Waals surface area contributed by atoms with E-state index >= 15 is 0 Å². The molecule has 8 heteroatoms. The van der Waals surface area contributed by atoms with E-state index in [1.54, 1.807) is 39.9 Å². The van der Waals surface area contributed by atoms with Gasteiger partial charge in [-0.1, -0.05) is 37.6 Å². The smallest absolute Gasteiger partial charge is 0.228 e. The Hall–Kier alpha value is -1.86. The van der Waals surface area contributed by atoms with Crippen molar-refractivity contribution in [2.75, 3.05) is 0 Å². The molecule has 0 fully saturated rings. The van der Waals surface area contributed by atoms with Gasteiger partial charge in [0.05, 0.1) is 24.2 Å². The van der Waals surface area contributed by atoms with E-state index in [0.717, 1.165) is 0 Å². The molecule has 6 nitrogen and oxygen atoms in total. The second kappa shape index (κ2) is 9.96. The first kappa shape index (κ1) is 24.4. The monoisotopic (exact) mass is 453 g/mol. The summed E-state index contributed by atoms with van der Waals surface area (Å²) in [5, 5.41) is 0.513. The number of amides is 1. The van der Waals surface area contributed by atoms with Crippen LogP contribution in [0.4, 0.5) is 0 Å². The van der Waals surface area contributed by atoms with Gasteiger partial charge in [-0.05, 0) is 51.3 Å². The minimum absolute atomic E-state index is 0.00159. The molecule has 0 saturated carbocycles. The molecular formula is C22H32ClN3O3S. The Balaban J connectivity index is 2.39. The van der Waals surface area contributed by atoms with Crippen molar-refractivity contribution in [1.29, 1.82) is 0 Å². The van der Waals surface area contributed by atoms with Crippen molar-refractivity contribution in [3.8, 4) is 0 Å². The molecule has 0 aliphatic heterocycles. The van der Waals surface area contributed by atoms with Crippen LogP contribution < -0.4 is 0 Å². The number of nitrogens with zero attached hydrogens (tertiary/aromatic N) is 3. The van der Waals surface area contributed by atoms with Crippen molar-refractivity contribution in [2.45, 2.75) is 77.5 Å². The van der Waals surface area contributed by atoms with Crippen LogP contribution in [0.25, 0.3) is 0 Å². The third-order valence-electron chi connectivity index (χ3n) is 4.74. The molecule has 2 aromatic rings. The summed E-state index contributed by atoms with van der Waals surface area (Å²) >= 11 is 6.00. The Morgan fingerprint density at radius 3 is 2.37 bits per heavy atom. The van der Waals surface area contributed by atoms with Gasteiger partial charge >= 0.3 is 0 Å². The quantitative estimate of drug-likeness (QED) is 0.542. The van der Waals surface area contributed by atoms with E-state index in [4.69, 9.17) is 11.6 Å². The van der Waals surface area contributed by atoms with Crippen LogP contribution >= 0.6 is 11.6 Å².